The molecule has 7 heteroatoms. The predicted octanol–water partition coefficient (Wildman–Crippen LogP) is 2.12. The summed E-state index contributed by atoms with van der Waals surface area (Å²) >= 11 is 0. The van der Waals surface area contributed by atoms with Gasteiger partial charge in [0.15, 0.2) is 0 Å². The van der Waals surface area contributed by atoms with Gasteiger partial charge in [-0.3, -0.25) is 9.59 Å². The largest absolute Gasteiger partial charge is 0.491 e. The van der Waals surface area contributed by atoms with Gasteiger partial charge < -0.3 is 20.4 Å². The average Bonchev–Trinajstić information content (AvgIpc) is 3.09. The van der Waals surface area contributed by atoms with Gasteiger partial charge in [0.1, 0.15) is 18.2 Å². The highest BCUT2D eigenvalue weighted by atomic mass is 19.1. The fourth-order valence-electron chi connectivity index (χ4n) is 3.88. The molecule has 2 aliphatic heterocycles. The normalized spacial score (nSPS) is 16.2. The molecule has 1 atom stereocenters. The third-order valence-electron chi connectivity index (χ3n) is 5.21. The van der Waals surface area contributed by atoms with Crippen molar-refractivity contribution in [2.45, 2.75) is 47.1 Å². The molecule has 163 valence electrons. The van der Waals surface area contributed by atoms with E-state index in [1.165, 1.54) is 6.07 Å². The van der Waals surface area contributed by atoms with Crippen molar-refractivity contribution < 1.29 is 16.8 Å². The molecule has 1 amide bonds. The zero-order valence-corrected chi connectivity index (χ0v) is 17.9. The van der Waals surface area contributed by atoms with Crippen LogP contribution >= 0.6 is 0 Å². The number of nitrogens with one attached hydrogen (secondary N) is 3. The molecule has 0 aliphatic carbocycles. The first-order chi connectivity index (χ1) is 14.3. The van der Waals surface area contributed by atoms with Gasteiger partial charge in [-0.15, -0.1) is 0 Å². The van der Waals surface area contributed by atoms with E-state index in [4.69, 9.17) is 4.74 Å². The zero-order valence-electron chi connectivity index (χ0n) is 17.9. The standard InChI is InChI=1S/C21H21FN3O3.C2H6.2H2/c1-10-6-14(22)20-16(9-28-17(20)7-10)24-18(26)8-13-11(2)19-12(3)23-5-4-15(19)25-21(13)27;1-2;;/h4-7,16,23H,8-9H2,1-3H3,(H,24,26)(H,25,27);1-2H3;2*1H/t16-;;;/m0.../s1. The van der Waals surface area contributed by atoms with Crippen LogP contribution in [0.2, 0.25) is 0 Å². The Bertz CT molecular complexity index is 1180. The SMILES string of the molecule is CC.CC1=c2c(C)c(CC(=O)N[C@H]3COc4cc(C)cc(F)c43)c(=O)[nH]c2=C[CH]N1.[HH].[HH]. The van der Waals surface area contributed by atoms with E-state index in [0.717, 1.165) is 27.4 Å². The van der Waals surface area contributed by atoms with E-state index in [1.807, 2.05) is 27.7 Å². The van der Waals surface area contributed by atoms with Crippen LogP contribution in [0.4, 0.5) is 4.39 Å². The predicted molar refractivity (Wildman–Crippen MR) is 119 cm³/mol. The number of pyridine rings is 1. The Kier molecular flexibility index (Phi) is 6.29. The van der Waals surface area contributed by atoms with Gasteiger partial charge in [0.05, 0.1) is 24.6 Å². The van der Waals surface area contributed by atoms with E-state index in [9.17, 15) is 14.0 Å². The first-order valence-corrected chi connectivity index (χ1v) is 10.1. The molecule has 6 nitrogen and oxygen atoms in total. The van der Waals surface area contributed by atoms with Gasteiger partial charge in [-0.05, 0) is 50.1 Å². The number of hydrogen-bond acceptors (Lipinski definition) is 4. The van der Waals surface area contributed by atoms with Crippen molar-refractivity contribution in [2.75, 3.05) is 6.61 Å². The number of hydrogen-bond donors (Lipinski definition) is 3. The van der Waals surface area contributed by atoms with Gasteiger partial charge in [-0.2, -0.15) is 0 Å². The Morgan fingerprint density at radius 3 is 2.77 bits per heavy atom. The molecule has 0 bridgehead atoms. The first kappa shape index (κ1) is 21.6. The van der Waals surface area contributed by atoms with Crippen LogP contribution in [0.25, 0.3) is 11.8 Å². The van der Waals surface area contributed by atoms with E-state index in [0.29, 0.717) is 16.9 Å². The summed E-state index contributed by atoms with van der Waals surface area (Å²) in [5.41, 5.74) is 2.88. The molecular formula is C23H31FN3O3. The number of H-pyrrole nitrogens is 1. The van der Waals surface area contributed by atoms with Gasteiger partial charge in [0.2, 0.25) is 5.91 Å². The van der Waals surface area contributed by atoms with Crippen LogP contribution in [0.1, 0.15) is 51.9 Å². The number of fused-ring (bicyclic) bond motifs is 2. The van der Waals surface area contributed by atoms with E-state index in [-0.39, 0.29) is 27.3 Å². The van der Waals surface area contributed by atoms with E-state index in [1.54, 1.807) is 25.6 Å². The molecule has 3 N–H and O–H groups in total. The minimum atomic E-state index is -0.571. The van der Waals surface area contributed by atoms with Gasteiger partial charge >= 0.3 is 0 Å². The maximum absolute atomic E-state index is 14.3. The van der Waals surface area contributed by atoms with Crippen LogP contribution in [-0.4, -0.2) is 17.5 Å². The van der Waals surface area contributed by atoms with Gasteiger partial charge in [-0.1, -0.05) is 13.8 Å². The monoisotopic (exact) mass is 416 g/mol. The Morgan fingerprint density at radius 2 is 2.03 bits per heavy atom. The number of carbonyl (C=O) groups is 1. The summed E-state index contributed by atoms with van der Waals surface area (Å²) in [6.07, 6.45) is 1.70. The third kappa shape index (κ3) is 3.97. The molecule has 0 unspecified atom stereocenters. The molecule has 1 radical (unpaired) electrons. The second kappa shape index (κ2) is 8.73. The van der Waals surface area contributed by atoms with Crippen LogP contribution in [0.3, 0.4) is 0 Å². The summed E-state index contributed by atoms with van der Waals surface area (Å²) in [5.74, 6) is -0.302. The smallest absolute Gasteiger partial charge is 0.252 e. The van der Waals surface area contributed by atoms with Crippen LogP contribution in [0.15, 0.2) is 16.9 Å². The second-order valence-corrected chi connectivity index (χ2v) is 7.22. The Hall–Kier alpha value is -3.09. The molecule has 30 heavy (non-hydrogen) atoms. The summed E-state index contributed by atoms with van der Waals surface area (Å²) in [6, 6.07) is 2.60. The summed E-state index contributed by atoms with van der Waals surface area (Å²) < 4.78 is 19.9. The molecule has 3 heterocycles. The van der Waals surface area contributed by atoms with Crippen molar-refractivity contribution in [3.05, 3.63) is 67.7 Å². The van der Waals surface area contributed by atoms with Crippen LogP contribution in [0, 0.1) is 26.2 Å². The lowest BCUT2D eigenvalue weighted by atomic mass is 10.0. The highest BCUT2D eigenvalue weighted by molar-refractivity contribution is 5.79. The number of rotatable bonds is 3. The molecule has 0 fully saturated rings. The maximum atomic E-state index is 14.3. The van der Waals surface area contributed by atoms with Gasteiger partial charge in [-0.25, -0.2) is 4.39 Å². The fourth-order valence-corrected chi connectivity index (χ4v) is 3.88. The molecular weight excluding hydrogens is 385 g/mol. The lowest BCUT2D eigenvalue weighted by molar-refractivity contribution is -0.121. The summed E-state index contributed by atoms with van der Waals surface area (Å²) in [5, 5.41) is 7.52. The summed E-state index contributed by atoms with van der Waals surface area (Å²) in [4.78, 5) is 28.0. The number of benzene rings is 1. The lowest BCUT2D eigenvalue weighted by Crippen LogP contribution is -2.45. The van der Waals surface area contributed by atoms with E-state index < -0.39 is 11.9 Å². The summed E-state index contributed by atoms with van der Waals surface area (Å²) in [6.45, 7) is 11.5. The molecule has 2 aromatic rings. The van der Waals surface area contributed by atoms with Crippen molar-refractivity contribution in [1.82, 2.24) is 15.6 Å². The van der Waals surface area contributed by atoms with Crippen molar-refractivity contribution in [3.63, 3.8) is 0 Å². The lowest BCUT2D eigenvalue weighted by Gasteiger charge is -2.15. The first-order valence-electron chi connectivity index (χ1n) is 10.1. The molecule has 2 aliphatic rings. The number of halogens is 1. The van der Waals surface area contributed by atoms with Crippen molar-refractivity contribution in [2.24, 2.45) is 0 Å². The number of aryl methyl sites for hydroxylation is 1. The molecule has 1 aromatic heterocycles. The quantitative estimate of drug-likeness (QED) is 0.716. The molecule has 0 saturated carbocycles. The number of aromatic amines is 1. The number of aromatic nitrogens is 1. The van der Waals surface area contributed by atoms with Crippen molar-refractivity contribution in [3.8, 4) is 5.75 Å². The molecule has 0 saturated heterocycles. The fraction of sp³-hybridized carbons (Fsp3) is 0.348. The minimum absolute atomic E-state index is 0. The Morgan fingerprint density at radius 1 is 1.30 bits per heavy atom. The van der Waals surface area contributed by atoms with E-state index >= 15 is 0 Å². The molecule has 1 aromatic carbocycles. The second-order valence-electron chi connectivity index (χ2n) is 7.22. The van der Waals surface area contributed by atoms with Crippen LogP contribution < -0.4 is 31.5 Å². The topological polar surface area (TPSA) is 83.2 Å². The van der Waals surface area contributed by atoms with Crippen LogP contribution in [0.5, 0.6) is 5.75 Å². The maximum Gasteiger partial charge on any atom is 0.252 e. The van der Waals surface area contributed by atoms with Crippen molar-refractivity contribution >= 4 is 17.7 Å². The minimum Gasteiger partial charge on any atom is -0.491 e. The average molecular weight is 417 g/mol. The summed E-state index contributed by atoms with van der Waals surface area (Å²) in [7, 11) is 0. The molecule has 0 spiro atoms. The number of ether oxygens (including phenoxy) is 1. The van der Waals surface area contributed by atoms with Gasteiger partial charge in [0, 0.05) is 24.7 Å². The highest BCUT2D eigenvalue weighted by Crippen LogP contribution is 2.35. The molecule has 4 rings (SSSR count). The van der Waals surface area contributed by atoms with Gasteiger partial charge in [0.25, 0.3) is 5.56 Å². The zero-order chi connectivity index (χ0) is 22.0. The Balaban J connectivity index is 0.00000125. The number of amides is 1. The Labute approximate surface area is 177 Å². The third-order valence-corrected chi connectivity index (χ3v) is 5.21. The van der Waals surface area contributed by atoms with Crippen molar-refractivity contribution in [1.29, 1.82) is 0 Å². The highest BCUT2D eigenvalue weighted by Gasteiger charge is 2.29. The van der Waals surface area contributed by atoms with Crippen LogP contribution in [-0.2, 0) is 11.2 Å². The van der Waals surface area contributed by atoms with E-state index in [2.05, 4.69) is 15.6 Å². The number of carbonyl (C=O) groups excluding carboxylic acids is 1.